The molecule has 2 rings (SSSR count). The maximum absolute atomic E-state index is 12.5. The fourth-order valence-electron chi connectivity index (χ4n) is 2.97. The molecule has 1 saturated heterocycles. The van der Waals surface area contributed by atoms with E-state index in [1.807, 2.05) is 0 Å². The lowest BCUT2D eigenvalue weighted by atomic mass is 9.85. The van der Waals surface area contributed by atoms with Crippen molar-refractivity contribution in [2.75, 3.05) is 13.1 Å². The lowest BCUT2D eigenvalue weighted by molar-refractivity contribution is -0.182. The Kier molecular flexibility index (Phi) is 4.71. The SMILES string of the molecule is O=C(NC1CCC(C(F)(F)F)CC1)C1CCNCC1. The van der Waals surface area contributed by atoms with Crippen LogP contribution in [0.4, 0.5) is 13.2 Å². The van der Waals surface area contributed by atoms with Gasteiger partial charge in [0.25, 0.3) is 0 Å². The van der Waals surface area contributed by atoms with E-state index in [1.54, 1.807) is 0 Å². The first-order valence-corrected chi connectivity index (χ1v) is 7.04. The first-order valence-electron chi connectivity index (χ1n) is 7.04. The zero-order valence-electron chi connectivity index (χ0n) is 10.9. The average molecular weight is 278 g/mol. The number of amides is 1. The molecule has 3 nitrogen and oxygen atoms in total. The molecule has 19 heavy (non-hydrogen) atoms. The molecule has 1 heterocycles. The van der Waals surface area contributed by atoms with Crippen LogP contribution in [0.15, 0.2) is 0 Å². The second-order valence-corrected chi connectivity index (χ2v) is 5.62. The Morgan fingerprint density at radius 2 is 1.58 bits per heavy atom. The Labute approximate surface area is 111 Å². The van der Waals surface area contributed by atoms with Gasteiger partial charge in [0.15, 0.2) is 0 Å². The van der Waals surface area contributed by atoms with E-state index in [0.29, 0.717) is 12.8 Å². The molecule has 0 aromatic carbocycles. The molecule has 2 aliphatic rings. The first kappa shape index (κ1) is 14.6. The van der Waals surface area contributed by atoms with E-state index < -0.39 is 12.1 Å². The van der Waals surface area contributed by atoms with Crippen LogP contribution >= 0.6 is 0 Å². The van der Waals surface area contributed by atoms with Crippen molar-refractivity contribution in [3.05, 3.63) is 0 Å². The normalized spacial score (nSPS) is 30.1. The fraction of sp³-hybridized carbons (Fsp3) is 0.923. The summed E-state index contributed by atoms with van der Waals surface area (Å²) < 4.78 is 37.6. The summed E-state index contributed by atoms with van der Waals surface area (Å²) in [7, 11) is 0. The van der Waals surface area contributed by atoms with Crippen LogP contribution < -0.4 is 10.6 Å². The predicted molar refractivity (Wildman–Crippen MR) is 65.5 cm³/mol. The van der Waals surface area contributed by atoms with Crippen molar-refractivity contribution in [2.24, 2.45) is 11.8 Å². The number of piperidine rings is 1. The van der Waals surface area contributed by atoms with Crippen LogP contribution in [0, 0.1) is 11.8 Å². The molecule has 2 N–H and O–H groups in total. The van der Waals surface area contributed by atoms with Crippen molar-refractivity contribution in [2.45, 2.75) is 50.7 Å². The molecule has 0 radical (unpaired) electrons. The molecular weight excluding hydrogens is 257 g/mol. The fourth-order valence-corrected chi connectivity index (χ4v) is 2.97. The zero-order valence-corrected chi connectivity index (χ0v) is 10.9. The van der Waals surface area contributed by atoms with E-state index in [9.17, 15) is 18.0 Å². The van der Waals surface area contributed by atoms with E-state index in [4.69, 9.17) is 0 Å². The smallest absolute Gasteiger partial charge is 0.353 e. The van der Waals surface area contributed by atoms with Gasteiger partial charge in [-0.05, 0) is 51.6 Å². The third kappa shape index (κ3) is 4.09. The van der Waals surface area contributed by atoms with Crippen LogP contribution in [-0.2, 0) is 4.79 Å². The summed E-state index contributed by atoms with van der Waals surface area (Å²) in [6.45, 7) is 1.69. The van der Waals surface area contributed by atoms with E-state index >= 15 is 0 Å². The van der Waals surface area contributed by atoms with Crippen molar-refractivity contribution in [3.8, 4) is 0 Å². The Bertz CT molecular complexity index is 306. The quantitative estimate of drug-likeness (QED) is 0.813. The van der Waals surface area contributed by atoms with Crippen LogP contribution in [-0.4, -0.2) is 31.2 Å². The van der Waals surface area contributed by atoms with Gasteiger partial charge in [-0.15, -0.1) is 0 Å². The van der Waals surface area contributed by atoms with Gasteiger partial charge in [-0.2, -0.15) is 13.2 Å². The molecule has 0 atom stereocenters. The number of carbonyl (C=O) groups is 1. The molecule has 1 aliphatic carbocycles. The van der Waals surface area contributed by atoms with Crippen LogP contribution in [0.2, 0.25) is 0 Å². The van der Waals surface area contributed by atoms with E-state index in [1.165, 1.54) is 0 Å². The summed E-state index contributed by atoms with van der Waals surface area (Å²) >= 11 is 0. The molecule has 110 valence electrons. The highest BCUT2D eigenvalue weighted by atomic mass is 19.4. The Balaban J connectivity index is 1.74. The van der Waals surface area contributed by atoms with Crippen molar-refractivity contribution >= 4 is 5.91 Å². The highest BCUT2D eigenvalue weighted by molar-refractivity contribution is 5.79. The predicted octanol–water partition coefficient (Wildman–Crippen LogP) is 2.22. The maximum Gasteiger partial charge on any atom is 0.391 e. The van der Waals surface area contributed by atoms with E-state index in [-0.39, 0.29) is 30.7 Å². The number of nitrogens with one attached hydrogen (secondary N) is 2. The molecule has 2 fully saturated rings. The van der Waals surface area contributed by atoms with Crippen LogP contribution in [0.5, 0.6) is 0 Å². The molecule has 0 aromatic rings. The van der Waals surface area contributed by atoms with Crippen molar-refractivity contribution < 1.29 is 18.0 Å². The highest BCUT2D eigenvalue weighted by Gasteiger charge is 2.41. The molecule has 1 amide bonds. The minimum absolute atomic E-state index is 0.0250. The molecule has 1 aliphatic heterocycles. The van der Waals surface area contributed by atoms with Crippen molar-refractivity contribution in [3.63, 3.8) is 0 Å². The lowest BCUT2D eigenvalue weighted by Gasteiger charge is -2.31. The first-order chi connectivity index (χ1) is 8.97. The van der Waals surface area contributed by atoms with Gasteiger partial charge in [-0.1, -0.05) is 0 Å². The molecule has 0 unspecified atom stereocenters. The topological polar surface area (TPSA) is 41.1 Å². The highest BCUT2D eigenvalue weighted by Crippen LogP contribution is 2.37. The van der Waals surface area contributed by atoms with Crippen molar-refractivity contribution in [1.82, 2.24) is 10.6 Å². The number of hydrogen-bond donors (Lipinski definition) is 2. The van der Waals surface area contributed by atoms with Crippen molar-refractivity contribution in [1.29, 1.82) is 0 Å². The number of carbonyl (C=O) groups excluding carboxylic acids is 1. The largest absolute Gasteiger partial charge is 0.391 e. The van der Waals surface area contributed by atoms with Gasteiger partial charge in [0.2, 0.25) is 5.91 Å². The molecule has 1 saturated carbocycles. The lowest BCUT2D eigenvalue weighted by Crippen LogP contribution is -2.44. The summed E-state index contributed by atoms with van der Waals surface area (Å²) in [5.41, 5.74) is 0. The van der Waals surface area contributed by atoms with Crippen LogP contribution in [0.3, 0.4) is 0 Å². The van der Waals surface area contributed by atoms with Gasteiger partial charge in [0.05, 0.1) is 5.92 Å². The summed E-state index contributed by atoms with van der Waals surface area (Å²) in [5, 5.41) is 6.12. The summed E-state index contributed by atoms with van der Waals surface area (Å²) in [4.78, 5) is 12.0. The third-order valence-electron chi connectivity index (χ3n) is 4.25. The van der Waals surface area contributed by atoms with Crippen LogP contribution in [0.25, 0.3) is 0 Å². The monoisotopic (exact) mass is 278 g/mol. The number of halogens is 3. The average Bonchev–Trinajstić information content (AvgIpc) is 2.39. The Morgan fingerprint density at radius 3 is 2.11 bits per heavy atom. The van der Waals surface area contributed by atoms with Gasteiger partial charge < -0.3 is 10.6 Å². The number of hydrogen-bond acceptors (Lipinski definition) is 2. The van der Waals surface area contributed by atoms with Gasteiger partial charge in [0.1, 0.15) is 0 Å². The standard InChI is InChI=1S/C13H21F3N2O/c14-13(15,16)10-1-3-11(4-2-10)18-12(19)9-5-7-17-8-6-9/h9-11,17H,1-8H2,(H,18,19). The van der Waals surface area contributed by atoms with Gasteiger partial charge in [-0.25, -0.2) is 0 Å². The Morgan fingerprint density at radius 1 is 1.00 bits per heavy atom. The van der Waals surface area contributed by atoms with E-state index in [2.05, 4.69) is 10.6 Å². The van der Waals surface area contributed by atoms with Gasteiger partial charge in [0, 0.05) is 12.0 Å². The number of alkyl halides is 3. The van der Waals surface area contributed by atoms with Crippen LogP contribution in [0.1, 0.15) is 38.5 Å². The minimum Gasteiger partial charge on any atom is -0.353 e. The summed E-state index contributed by atoms with van der Waals surface area (Å²) in [5.74, 6) is -1.13. The zero-order chi connectivity index (χ0) is 13.9. The summed E-state index contributed by atoms with van der Waals surface area (Å²) in [6.07, 6.45) is -1.26. The second kappa shape index (κ2) is 6.11. The van der Waals surface area contributed by atoms with Gasteiger partial charge >= 0.3 is 6.18 Å². The molecular formula is C13H21F3N2O. The molecule has 0 bridgehead atoms. The molecule has 0 spiro atoms. The van der Waals surface area contributed by atoms with E-state index in [0.717, 1.165) is 25.9 Å². The maximum atomic E-state index is 12.5. The molecule has 6 heteroatoms. The second-order valence-electron chi connectivity index (χ2n) is 5.62. The summed E-state index contributed by atoms with van der Waals surface area (Å²) in [6, 6.07) is -0.0685. The molecule has 0 aromatic heterocycles. The number of rotatable bonds is 2. The Hall–Kier alpha value is -0.780. The third-order valence-corrected chi connectivity index (χ3v) is 4.25. The minimum atomic E-state index is -4.08. The van der Waals surface area contributed by atoms with Gasteiger partial charge in [-0.3, -0.25) is 4.79 Å².